The Morgan fingerprint density at radius 3 is 1.21 bits per heavy atom. The molecular weight excluding hydrogens is 436 g/mol. The minimum Gasteiger partial charge on any atom is -0.457 e. The van der Waals surface area contributed by atoms with Gasteiger partial charge >= 0.3 is 0 Å². The SMILES string of the molecule is Cc1cc(Oc2ccc(S(=O)(=O)c3ccc(Oc4ccc(N)c(C)c4)cc3)cc2)ccc1N. The van der Waals surface area contributed by atoms with Crippen molar-refractivity contribution in [2.45, 2.75) is 23.6 Å². The summed E-state index contributed by atoms with van der Waals surface area (Å²) < 4.78 is 37.7. The Hall–Kier alpha value is -3.97. The van der Waals surface area contributed by atoms with Crippen LogP contribution in [0, 0.1) is 13.8 Å². The van der Waals surface area contributed by atoms with E-state index in [4.69, 9.17) is 20.9 Å². The van der Waals surface area contributed by atoms with Crippen LogP contribution in [0.2, 0.25) is 0 Å². The lowest BCUT2D eigenvalue weighted by Gasteiger charge is -2.10. The smallest absolute Gasteiger partial charge is 0.206 e. The average molecular weight is 461 g/mol. The van der Waals surface area contributed by atoms with Crippen molar-refractivity contribution in [3.63, 3.8) is 0 Å². The molecular formula is C26H24N2O4S. The van der Waals surface area contributed by atoms with E-state index in [0.717, 1.165) is 11.1 Å². The molecule has 0 aromatic heterocycles. The molecule has 0 saturated carbocycles. The Labute approximate surface area is 193 Å². The fraction of sp³-hybridized carbons (Fsp3) is 0.0769. The molecule has 0 saturated heterocycles. The van der Waals surface area contributed by atoms with E-state index in [1.54, 1.807) is 48.5 Å². The second-order valence-corrected chi connectivity index (χ2v) is 9.64. The molecule has 4 N–H and O–H groups in total. The van der Waals surface area contributed by atoms with E-state index < -0.39 is 9.84 Å². The van der Waals surface area contributed by atoms with Gasteiger partial charge in [0, 0.05) is 11.4 Å². The highest BCUT2D eigenvalue weighted by Crippen LogP contribution is 2.30. The molecule has 0 fully saturated rings. The summed E-state index contributed by atoms with van der Waals surface area (Å²) in [5, 5.41) is 0. The van der Waals surface area contributed by atoms with Crippen LogP contribution in [-0.4, -0.2) is 8.42 Å². The third-order valence-corrected chi connectivity index (χ3v) is 7.01. The molecule has 168 valence electrons. The van der Waals surface area contributed by atoms with Crippen LogP contribution in [0.25, 0.3) is 0 Å². The molecule has 0 radical (unpaired) electrons. The lowest BCUT2D eigenvalue weighted by molar-refractivity contribution is 0.482. The molecule has 0 amide bonds. The fourth-order valence-corrected chi connectivity index (χ4v) is 4.47. The van der Waals surface area contributed by atoms with Crippen molar-refractivity contribution < 1.29 is 17.9 Å². The van der Waals surface area contributed by atoms with Gasteiger partial charge in [-0.2, -0.15) is 0 Å². The molecule has 0 aliphatic heterocycles. The van der Waals surface area contributed by atoms with Gasteiger partial charge < -0.3 is 20.9 Å². The Balaban J connectivity index is 1.49. The zero-order chi connectivity index (χ0) is 23.6. The van der Waals surface area contributed by atoms with Crippen LogP contribution in [-0.2, 0) is 9.84 Å². The van der Waals surface area contributed by atoms with E-state index in [1.165, 1.54) is 24.3 Å². The third kappa shape index (κ3) is 4.94. The van der Waals surface area contributed by atoms with E-state index in [-0.39, 0.29) is 9.79 Å². The van der Waals surface area contributed by atoms with Crippen molar-refractivity contribution >= 4 is 21.2 Å². The highest BCUT2D eigenvalue weighted by molar-refractivity contribution is 7.91. The van der Waals surface area contributed by atoms with Gasteiger partial charge in [-0.05, 0) is 110 Å². The number of benzene rings is 4. The Bertz CT molecular complexity index is 1290. The van der Waals surface area contributed by atoms with Gasteiger partial charge in [-0.25, -0.2) is 8.42 Å². The average Bonchev–Trinajstić information content (AvgIpc) is 2.80. The molecule has 7 heteroatoms. The van der Waals surface area contributed by atoms with Crippen LogP contribution in [0.1, 0.15) is 11.1 Å². The summed E-state index contributed by atoms with van der Waals surface area (Å²) in [6.07, 6.45) is 0. The van der Waals surface area contributed by atoms with Crippen LogP contribution in [0.15, 0.2) is 94.7 Å². The number of hydrogen-bond donors (Lipinski definition) is 2. The lowest BCUT2D eigenvalue weighted by Crippen LogP contribution is -2.02. The largest absolute Gasteiger partial charge is 0.457 e. The molecule has 0 unspecified atom stereocenters. The maximum atomic E-state index is 13.0. The zero-order valence-corrected chi connectivity index (χ0v) is 19.1. The summed E-state index contributed by atoms with van der Waals surface area (Å²) in [6.45, 7) is 3.79. The molecule has 6 nitrogen and oxygen atoms in total. The first-order chi connectivity index (χ1) is 15.7. The first-order valence-electron chi connectivity index (χ1n) is 10.3. The van der Waals surface area contributed by atoms with Gasteiger partial charge in [0.1, 0.15) is 23.0 Å². The normalized spacial score (nSPS) is 11.2. The topological polar surface area (TPSA) is 105 Å². The Kier molecular flexibility index (Phi) is 5.98. The first-order valence-corrected chi connectivity index (χ1v) is 11.7. The quantitative estimate of drug-likeness (QED) is 0.348. The number of hydrogen-bond acceptors (Lipinski definition) is 6. The van der Waals surface area contributed by atoms with E-state index >= 15 is 0 Å². The second-order valence-electron chi connectivity index (χ2n) is 7.69. The minimum atomic E-state index is -3.69. The van der Waals surface area contributed by atoms with E-state index in [2.05, 4.69) is 0 Å². The predicted molar refractivity (Wildman–Crippen MR) is 130 cm³/mol. The van der Waals surface area contributed by atoms with Crippen molar-refractivity contribution in [2.75, 3.05) is 11.5 Å². The van der Waals surface area contributed by atoms with Gasteiger partial charge in [0.15, 0.2) is 0 Å². The van der Waals surface area contributed by atoms with Crippen LogP contribution in [0.3, 0.4) is 0 Å². The van der Waals surface area contributed by atoms with Crippen molar-refractivity contribution in [2.24, 2.45) is 0 Å². The van der Waals surface area contributed by atoms with Crippen molar-refractivity contribution in [1.82, 2.24) is 0 Å². The molecule has 0 heterocycles. The van der Waals surface area contributed by atoms with Gasteiger partial charge in [0.05, 0.1) is 9.79 Å². The van der Waals surface area contributed by atoms with Crippen LogP contribution < -0.4 is 20.9 Å². The standard InChI is InChI=1S/C26H24N2O4S/c1-17-15-21(7-13-25(17)27)31-19-3-9-23(10-4-19)33(29,30)24-11-5-20(6-12-24)32-22-8-14-26(28)18(2)16-22/h3-16H,27-28H2,1-2H3. The summed E-state index contributed by atoms with van der Waals surface area (Å²) in [4.78, 5) is 0.345. The zero-order valence-electron chi connectivity index (χ0n) is 18.3. The maximum absolute atomic E-state index is 13.0. The van der Waals surface area contributed by atoms with Gasteiger partial charge in [-0.15, -0.1) is 0 Å². The van der Waals surface area contributed by atoms with Crippen molar-refractivity contribution in [3.05, 3.63) is 96.1 Å². The van der Waals surface area contributed by atoms with Crippen LogP contribution in [0.5, 0.6) is 23.0 Å². The summed E-state index contributed by atoms with van der Waals surface area (Å²) in [6, 6.07) is 23.3. The Morgan fingerprint density at radius 2 is 0.879 bits per heavy atom. The van der Waals surface area contributed by atoms with Gasteiger partial charge in [-0.1, -0.05) is 0 Å². The lowest BCUT2D eigenvalue weighted by atomic mass is 10.2. The van der Waals surface area contributed by atoms with Gasteiger partial charge in [0.2, 0.25) is 9.84 Å². The van der Waals surface area contributed by atoms with Crippen molar-refractivity contribution in [1.29, 1.82) is 0 Å². The number of rotatable bonds is 6. The molecule has 0 spiro atoms. The van der Waals surface area contributed by atoms with Crippen LogP contribution in [0.4, 0.5) is 11.4 Å². The van der Waals surface area contributed by atoms with Crippen molar-refractivity contribution in [3.8, 4) is 23.0 Å². The summed E-state index contributed by atoms with van der Waals surface area (Å²) in [5.74, 6) is 2.31. The number of sulfone groups is 1. The number of nitrogens with two attached hydrogens (primary N) is 2. The van der Waals surface area contributed by atoms with Gasteiger partial charge in [0.25, 0.3) is 0 Å². The summed E-state index contributed by atoms with van der Waals surface area (Å²) in [7, 11) is -3.69. The molecule has 4 aromatic rings. The predicted octanol–water partition coefficient (Wildman–Crippen LogP) is 5.89. The van der Waals surface area contributed by atoms with E-state index in [1.807, 2.05) is 26.0 Å². The minimum absolute atomic E-state index is 0.172. The fourth-order valence-electron chi connectivity index (χ4n) is 3.21. The second kappa shape index (κ2) is 8.88. The molecule has 4 rings (SSSR count). The maximum Gasteiger partial charge on any atom is 0.206 e. The van der Waals surface area contributed by atoms with E-state index in [9.17, 15) is 8.42 Å². The summed E-state index contributed by atoms with van der Waals surface area (Å²) in [5.41, 5.74) is 14.8. The number of ether oxygens (including phenoxy) is 2. The molecule has 33 heavy (non-hydrogen) atoms. The number of aryl methyl sites for hydroxylation is 2. The van der Waals surface area contributed by atoms with Gasteiger partial charge in [-0.3, -0.25) is 0 Å². The van der Waals surface area contributed by atoms with E-state index in [0.29, 0.717) is 34.4 Å². The molecule has 0 aliphatic rings. The van der Waals surface area contributed by atoms with Crippen LogP contribution >= 0.6 is 0 Å². The highest BCUT2D eigenvalue weighted by Gasteiger charge is 2.18. The Morgan fingerprint density at radius 1 is 0.545 bits per heavy atom. The molecule has 0 bridgehead atoms. The first kappa shape index (κ1) is 22.2. The monoisotopic (exact) mass is 460 g/mol. The number of nitrogen functional groups attached to an aromatic ring is 2. The number of anilines is 2. The molecule has 0 atom stereocenters. The molecule has 0 aliphatic carbocycles. The summed E-state index contributed by atoms with van der Waals surface area (Å²) >= 11 is 0. The third-order valence-electron chi connectivity index (χ3n) is 5.22. The highest BCUT2D eigenvalue weighted by atomic mass is 32.2. The molecule has 4 aromatic carbocycles.